The van der Waals surface area contributed by atoms with Crippen molar-refractivity contribution in [2.24, 2.45) is 0 Å². The van der Waals surface area contributed by atoms with E-state index in [1.165, 1.54) is 12.1 Å². The number of nitrogens with zero attached hydrogens (tertiary/aromatic N) is 1. The number of rotatable bonds is 7. The average Bonchev–Trinajstić information content (AvgIpc) is 3.19. The summed E-state index contributed by atoms with van der Waals surface area (Å²) in [6, 6.07) is 18.5. The van der Waals surface area contributed by atoms with Gasteiger partial charge in [0.1, 0.15) is 12.4 Å². The highest BCUT2D eigenvalue weighted by atomic mass is 35.5. The summed E-state index contributed by atoms with van der Waals surface area (Å²) in [5, 5.41) is 14.4. The number of carbonyl (C=O) groups is 2. The van der Waals surface area contributed by atoms with Crippen LogP contribution in [0.25, 0.3) is 5.70 Å². The number of benzene rings is 3. The lowest BCUT2D eigenvalue weighted by molar-refractivity contribution is -0.384. The van der Waals surface area contributed by atoms with Crippen LogP contribution < -0.4 is 10.1 Å². The van der Waals surface area contributed by atoms with Crippen LogP contribution in [0, 0.1) is 10.1 Å². The van der Waals surface area contributed by atoms with Gasteiger partial charge in [-0.05, 0) is 49.2 Å². The Morgan fingerprint density at radius 2 is 1.79 bits per heavy atom. The molecule has 0 bridgehead atoms. The third-order valence-corrected chi connectivity index (χ3v) is 6.87. The number of Topliss-reactive ketones (excluding diaryl/α,β-unsaturated/α-hetero) is 1. The molecule has 3 aromatic rings. The second kappa shape index (κ2) is 10.1. The standard InChI is InChI=1S/C29H23ClN2O6/c1-3-37-29(34)24-16(2)31-27-20-6-4-5-7-21(20)28(33)26(27)25(24)18-10-13-23(22(30)14-18)38-15-17-8-11-19(12-9-17)32(35)36/h4-14,25,31H,3,15H2,1-2H3/t25-/m0/s1. The molecule has 1 heterocycles. The molecule has 1 aliphatic carbocycles. The van der Waals surface area contributed by atoms with Crippen molar-refractivity contribution in [3.8, 4) is 5.75 Å². The summed E-state index contributed by atoms with van der Waals surface area (Å²) in [7, 11) is 0. The van der Waals surface area contributed by atoms with E-state index in [9.17, 15) is 19.7 Å². The summed E-state index contributed by atoms with van der Waals surface area (Å²) >= 11 is 6.61. The Hall–Kier alpha value is -4.43. The molecular weight excluding hydrogens is 508 g/mol. The van der Waals surface area contributed by atoms with Crippen LogP contribution in [-0.4, -0.2) is 23.3 Å². The number of hydrogen-bond acceptors (Lipinski definition) is 7. The van der Waals surface area contributed by atoms with Crippen LogP contribution in [0.4, 0.5) is 5.69 Å². The van der Waals surface area contributed by atoms with Crippen molar-refractivity contribution >= 4 is 34.7 Å². The van der Waals surface area contributed by atoms with Gasteiger partial charge in [0.25, 0.3) is 5.69 Å². The van der Waals surface area contributed by atoms with Crippen molar-refractivity contribution in [1.82, 2.24) is 5.32 Å². The van der Waals surface area contributed by atoms with Crippen LogP contribution in [0.2, 0.25) is 5.02 Å². The summed E-state index contributed by atoms with van der Waals surface area (Å²) < 4.78 is 11.2. The Kier molecular flexibility index (Phi) is 6.73. The van der Waals surface area contributed by atoms with Gasteiger partial charge in [-0.25, -0.2) is 4.79 Å². The summed E-state index contributed by atoms with van der Waals surface area (Å²) in [5.41, 5.74) is 4.84. The number of nitro groups is 1. The van der Waals surface area contributed by atoms with E-state index in [0.717, 1.165) is 11.1 Å². The van der Waals surface area contributed by atoms with Gasteiger partial charge >= 0.3 is 5.97 Å². The number of esters is 1. The van der Waals surface area contributed by atoms with Gasteiger partial charge in [0.15, 0.2) is 5.78 Å². The normalized spacial score (nSPS) is 16.1. The van der Waals surface area contributed by atoms with E-state index in [4.69, 9.17) is 21.1 Å². The van der Waals surface area contributed by atoms with Gasteiger partial charge in [0.2, 0.25) is 0 Å². The Labute approximate surface area is 223 Å². The zero-order valence-corrected chi connectivity index (χ0v) is 21.4. The molecule has 1 atom stereocenters. The maximum atomic E-state index is 13.6. The molecule has 2 aliphatic rings. The lowest BCUT2D eigenvalue weighted by Gasteiger charge is -2.29. The van der Waals surface area contributed by atoms with Crippen molar-refractivity contribution in [2.45, 2.75) is 26.4 Å². The minimum Gasteiger partial charge on any atom is -0.487 e. The molecule has 8 nitrogen and oxygen atoms in total. The Morgan fingerprint density at radius 1 is 1.08 bits per heavy atom. The van der Waals surface area contributed by atoms with Gasteiger partial charge in [-0.1, -0.05) is 41.9 Å². The number of carbonyl (C=O) groups excluding carboxylic acids is 2. The number of dihydropyridines is 1. The molecule has 1 N–H and O–H groups in total. The first-order valence-electron chi connectivity index (χ1n) is 12.0. The first-order chi connectivity index (χ1) is 18.3. The Balaban J connectivity index is 1.49. The summed E-state index contributed by atoms with van der Waals surface area (Å²) in [6.45, 7) is 3.87. The number of ketones is 1. The number of nitrogens with one attached hydrogen (secondary N) is 1. The van der Waals surface area contributed by atoms with E-state index in [2.05, 4.69) is 5.32 Å². The lowest BCUT2D eigenvalue weighted by Crippen LogP contribution is -2.29. The zero-order chi connectivity index (χ0) is 27.0. The van der Waals surface area contributed by atoms with Crippen molar-refractivity contribution in [3.05, 3.63) is 121 Å². The van der Waals surface area contributed by atoms with Crippen molar-refractivity contribution in [2.75, 3.05) is 6.61 Å². The fourth-order valence-corrected chi connectivity index (χ4v) is 5.07. The fourth-order valence-electron chi connectivity index (χ4n) is 4.83. The van der Waals surface area contributed by atoms with E-state index in [0.29, 0.717) is 44.4 Å². The number of hydrogen-bond donors (Lipinski definition) is 1. The van der Waals surface area contributed by atoms with E-state index in [1.807, 2.05) is 18.2 Å². The molecule has 192 valence electrons. The molecule has 0 spiro atoms. The molecular formula is C29H23ClN2O6. The first kappa shape index (κ1) is 25.2. The third kappa shape index (κ3) is 4.43. The van der Waals surface area contributed by atoms with Crippen LogP contribution in [0.3, 0.4) is 0 Å². The van der Waals surface area contributed by atoms with Gasteiger partial charge in [-0.15, -0.1) is 0 Å². The minimum absolute atomic E-state index is 0.00357. The van der Waals surface area contributed by atoms with Gasteiger partial charge in [0, 0.05) is 40.4 Å². The first-order valence-corrected chi connectivity index (χ1v) is 12.4. The number of fused-ring (bicyclic) bond motifs is 2. The van der Waals surface area contributed by atoms with Crippen LogP contribution in [0.5, 0.6) is 5.75 Å². The Bertz CT molecular complexity index is 1540. The van der Waals surface area contributed by atoms with Crippen LogP contribution in [0.15, 0.2) is 83.6 Å². The number of non-ortho nitro benzene ring substituents is 1. The van der Waals surface area contributed by atoms with Crippen molar-refractivity contribution in [1.29, 1.82) is 0 Å². The monoisotopic (exact) mass is 530 g/mol. The summed E-state index contributed by atoms with van der Waals surface area (Å²) in [4.78, 5) is 37.0. The molecule has 0 saturated carbocycles. The molecule has 0 unspecified atom stereocenters. The van der Waals surface area contributed by atoms with Crippen LogP contribution >= 0.6 is 11.6 Å². The second-order valence-corrected chi connectivity index (χ2v) is 9.29. The lowest BCUT2D eigenvalue weighted by atomic mass is 9.80. The maximum absolute atomic E-state index is 13.6. The molecule has 3 aromatic carbocycles. The molecule has 0 fully saturated rings. The predicted molar refractivity (Wildman–Crippen MR) is 142 cm³/mol. The van der Waals surface area contributed by atoms with Gasteiger partial charge in [0.05, 0.1) is 27.8 Å². The zero-order valence-electron chi connectivity index (χ0n) is 20.6. The highest BCUT2D eigenvalue weighted by Crippen LogP contribution is 2.47. The number of allylic oxidation sites excluding steroid dienone is 2. The maximum Gasteiger partial charge on any atom is 0.336 e. The predicted octanol–water partition coefficient (Wildman–Crippen LogP) is 5.96. The van der Waals surface area contributed by atoms with E-state index >= 15 is 0 Å². The summed E-state index contributed by atoms with van der Waals surface area (Å²) in [5.74, 6) is -0.952. The highest BCUT2D eigenvalue weighted by molar-refractivity contribution is 6.32. The molecule has 38 heavy (non-hydrogen) atoms. The van der Waals surface area contributed by atoms with Gasteiger partial charge < -0.3 is 14.8 Å². The van der Waals surface area contributed by atoms with E-state index < -0.39 is 16.8 Å². The number of ether oxygens (including phenoxy) is 2. The molecule has 0 aromatic heterocycles. The van der Waals surface area contributed by atoms with Crippen LogP contribution in [0.1, 0.15) is 46.8 Å². The minimum atomic E-state index is -0.688. The molecule has 0 saturated heterocycles. The molecule has 1 aliphatic heterocycles. The van der Waals surface area contributed by atoms with Crippen LogP contribution in [-0.2, 0) is 16.1 Å². The fraction of sp³-hybridized carbons (Fsp3) is 0.172. The highest BCUT2D eigenvalue weighted by Gasteiger charge is 2.43. The molecule has 5 rings (SSSR count). The summed E-state index contributed by atoms with van der Waals surface area (Å²) in [6.07, 6.45) is 0. The second-order valence-electron chi connectivity index (χ2n) is 8.88. The van der Waals surface area contributed by atoms with Crippen molar-refractivity contribution < 1.29 is 24.0 Å². The topological polar surface area (TPSA) is 108 Å². The Morgan fingerprint density at radius 3 is 2.45 bits per heavy atom. The SMILES string of the molecule is CCOC(=O)C1=C(C)NC2=C(C(=O)c3ccccc32)[C@H]1c1ccc(OCc2ccc([N+](=O)[O-])cc2)c(Cl)c1. The van der Waals surface area contributed by atoms with Gasteiger partial charge in [-0.3, -0.25) is 14.9 Å². The van der Waals surface area contributed by atoms with Gasteiger partial charge in [-0.2, -0.15) is 0 Å². The molecule has 0 amide bonds. The molecule has 0 radical (unpaired) electrons. The number of nitro benzene ring substituents is 1. The largest absolute Gasteiger partial charge is 0.487 e. The molecule has 9 heteroatoms. The van der Waals surface area contributed by atoms with E-state index in [1.54, 1.807) is 50.2 Å². The van der Waals surface area contributed by atoms with Crippen molar-refractivity contribution in [3.63, 3.8) is 0 Å². The third-order valence-electron chi connectivity index (χ3n) is 6.57. The quantitative estimate of drug-likeness (QED) is 0.228. The smallest absolute Gasteiger partial charge is 0.336 e. The van der Waals surface area contributed by atoms with E-state index in [-0.39, 0.29) is 24.7 Å². The number of halogens is 1. The average molecular weight is 531 g/mol.